The number of nitrogens with zero attached hydrogens (tertiary/aromatic N) is 2. The number of aryl methyl sites for hydroxylation is 1. The molecule has 1 fully saturated rings. The fourth-order valence-electron chi connectivity index (χ4n) is 2.89. The van der Waals surface area contributed by atoms with Crippen molar-refractivity contribution in [3.05, 3.63) is 39.4 Å². The van der Waals surface area contributed by atoms with Crippen LogP contribution >= 0.6 is 0 Å². The van der Waals surface area contributed by atoms with E-state index in [1.807, 2.05) is 0 Å². The number of carbonyl (C=O) groups excluding carboxylic acids is 3. The lowest BCUT2D eigenvalue weighted by Gasteiger charge is -2.30. The van der Waals surface area contributed by atoms with Crippen LogP contribution in [0.2, 0.25) is 0 Å². The van der Waals surface area contributed by atoms with Gasteiger partial charge in [-0.25, -0.2) is 4.79 Å². The number of hydrogen-bond donors (Lipinski definition) is 0. The first-order valence-electron chi connectivity index (χ1n) is 8.12. The second-order valence-corrected chi connectivity index (χ2v) is 5.98. The molecule has 0 atom stereocenters. The van der Waals surface area contributed by atoms with Gasteiger partial charge in [-0.05, 0) is 25.3 Å². The van der Waals surface area contributed by atoms with E-state index in [-0.39, 0.29) is 23.1 Å². The molecule has 140 valence electrons. The third-order valence-electron chi connectivity index (χ3n) is 4.36. The Hall–Kier alpha value is -2.97. The van der Waals surface area contributed by atoms with Crippen molar-refractivity contribution in [2.45, 2.75) is 19.8 Å². The van der Waals surface area contributed by atoms with Crippen molar-refractivity contribution < 1.29 is 28.8 Å². The molecule has 1 aliphatic rings. The Kier molecular flexibility index (Phi) is 6.26. The molecule has 0 aromatic heterocycles. The van der Waals surface area contributed by atoms with E-state index in [0.717, 1.165) is 0 Å². The standard InChI is InChI=1S/C17H20N2O7/c1-11-4-3-5-13(19(23)24)15(11)17(22)26-10-14(20)18-8-6-12(7-9-18)16(21)25-2/h3-5,12H,6-10H2,1-2H3. The quantitative estimate of drug-likeness (QED) is 0.441. The van der Waals surface area contributed by atoms with Gasteiger partial charge in [0.05, 0.1) is 18.0 Å². The number of carbonyl (C=O) groups is 3. The van der Waals surface area contributed by atoms with Gasteiger partial charge in [-0.2, -0.15) is 0 Å². The monoisotopic (exact) mass is 364 g/mol. The van der Waals surface area contributed by atoms with Crippen molar-refractivity contribution in [2.24, 2.45) is 5.92 Å². The summed E-state index contributed by atoms with van der Waals surface area (Å²) in [6.45, 7) is 1.78. The molecule has 2 rings (SSSR count). The molecule has 0 spiro atoms. The molecule has 1 aromatic rings. The lowest BCUT2D eigenvalue weighted by Crippen LogP contribution is -2.42. The average Bonchev–Trinajstić information content (AvgIpc) is 2.64. The van der Waals surface area contributed by atoms with E-state index in [2.05, 4.69) is 4.74 Å². The maximum atomic E-state index is 12.2. The zero-order valence-electron chi connectivity index (χ0n) is 14.6. The van der Waals surface area contributed by atoms with Gasteiger partial charge in [-0.3, -0.25) is 19.7 Å². The summed E-state index contributed by atoms with van der Waals surface area (Å²) in [5, 5.41) is 11.1. The van der Waals surface area contributed by atoms with Crippen molar-refractivity contribution in [3.8, 4) is 0 Å². The summed E-state index contributed by atoms with van der Waals surface area (Å²) in [5.74, 6) is -1.85. The molecule has 1 saturated heterocycles. The first-order chi connectivity index (χ1) is 12.3. The van der Waals surface area contributed by atoms with E-state index in [9.17, 15) is 24.5 Å². The SMILES string of the molecule is COC(=O)C1CCN(C(=O)COC(=O)c2c(C)cccc2[N+](=O)[O-])CC1. The van der Waals surface area contributed by atoms with Gasteiger partial charge in [0, 0.05) is 19.2 Å². The van der Waals surface area contributed by atoms with E-state index in [1.54, 1.807) is 13.0 Å². The number of benzene rings is 1. The van der Waals surface area contributed by atoms with Crippen LogP contribution in [0.1, 0.15) is 28.8 Å². The Morgan fingerprint density at radius 2 is 1.92 bits per heavy atom. The number of likely N-dealkylation sites (tertiary alicyclic amines) is 1. The molecule has 1 aliphatic heterocycles. The zero-order chi connectivity index (χ0) is 19.3. The summed E-state index contributed by atoms with van der Waals surface area (Å²) in [6, 6.07) is 4.24. The highest BCUT2D eigenvalue weighted by Crippen LogP contribution is 2.23. The first kappa shape index (κ1) is 19.4. The van der Waals surface area contributed by atoms with E-state index >= 15 is 0 Å². The summed E-state index contributed by atoms with van der Waals surface area (Å²) in [6.07, 6.45) is 0.964. The summed E-state index contributed by atoms with van der Waals surface area (Å²) in [5.41, 5.74) is -0.119. The van der Waals surface area contributed by atoms with Crippen LogP contribution in [-0.4, -0.2) is 54.5 Å². The average molecular weight is 364 g/mol. The predicted octanol–water partition coefficient (Wildman–Crippen LogP) is 1.47. The van der Waals surface area contributed by atoms with Crippen LogP contribution in [0.5, 0.6) is 0 Å². The van der Waals surface area contributed by atoms with Crippen molar-refractivity contribution in [1.82, 2.24) is 4.90 Å². The fraction of sp³-hybridized carbons (Fsp3) is 0.471. The van der Waals surface area contributed by atoms with E-state index in [1.165, 1.54) is 24.1 Å². The molecule has 0 N–H and O–H groups in total. The van der Waals surface area contributed by atoms with Crippen molar-refractivity contribution >= 4 is 23.5 Å². The smallest absolute Gasteiger partial charge is 0.345 e. The van der Waals surface area contributed by atoms with Crippen LogP contribution in [0.25, 0.3) is 0 Å². The Morgan fingerprint density at radius 3 is 2.50 bits per heavy atom. The molecule has 1 heterocycles. The van der Waals surface area contributed by atoms with Crippen molar-refractivity contribution in [2.75, 3.05) is 26.8 Å². The molecular formula is C17H20N2O7. The largest absolute Gasteiger partial charge is 0.469 e. The van der Waals surface area contributed by atoms with Gasteiger partial charge < -0.3 is 14.4 Å². The summed E-state index contributed by atoms with van der Waals surface area (Å²) < 4.78 is 9.67. The molecule has 9 heteroatoms. The molecule has 1 amide bonds. The Bertz CT molecular complexity index is 724. The third kappa shape index (κ3) is 4.35. The number of ether oxygens (including phenoxy) is 2. The number of hydrogen-bond acceptors (Lipinski definition) is 7. The topological polar surface area (TPSA) is 116 Å². The van der Waals surface area contributed by atoms with Crippen LogP contribution in [0.4, 0.5) is 5.69 Å². The van der Waals surface area contributed by atoms with Crippen LogP contribution in [-0.2, 0) is 19.1 Å². The molecule has 0 aliphatic carbocycles. The highest BCUT2D eigenvalue weighted by atomic mass is 16.6. The van der Waals surface area contributed by atoms with Crippen molar-refractivity contribution in [1.29, 1.82) is 0 Å². The van der Waals surface area contributed by atoms with E-state index in [4.69, 9.17) is 4.74 Å². The minimum absolute atomic E-state index is 0.158. The number of nitro benzene ring substituents is 1. The molecule has 1 aromatic carbocycles. The van der Waals surface area contributed by atoms with Crippen molar-refractivity contribution in [3.63, 3.8) is 0 Å². The molecule has 0 unspecified atom stereocenters. The normalized spacial score (nSPS) is 14.6. The molecule has 9 nitrogen and oxygen atoms in total. The van der Waals surface area contributed by atoms with Crippen LogP contribution in [0, 0.1) is 23.0 Å². The van der Waals surface area contributed by atoms with Crippen LogP contribution in [0.15, 0.2) is 18.2 Å². The van der Waals surface area contributed by atoms with E-state index in [0.29, 0.717) is 31.5 Å². The molecule has 0 bridgehead atoms. The molecule has 0 saturated carbocycles. The van der Waals surface area contributed by atoms with Gasteiger partial charge >= 0.3 is 11.9 Å². The molecular weight excluding hydrogens is 344 g/mol. The number of nitro groups is 1. The van der Waals surface area contributed by atoms with Gasteiger partial charge in [0.1, 0.15) is 5.56 Å². The minimum atomic E-state index is -0.910. The number of esters is 2. The lowest BCUT2D eigenvalue weighted by atomic mass is 9.97. The minimum Gasteiger partial charge on any atom is -0.469 e. The summed E-state index contributed by atoms with van der Waals surface area (Å²) >= 11 is 0. The van der Waals surface area contributed by atoms with Gasteiger partial charge in [0.2, 0.25) is 0 Å². The molecule has 26 heavy (non-hydrogen) atoms. The maximum absolute atomic E-state index is 12.2. The highest BCUT2D eigenvalue weighted by molar-refractivity contribution is 5.96. The van der Waals surface area contributed by atoms with Gasteiger partial charge in [-0.15, -0.1) is 0 Å². The maximum Gasteiger partial charge on any atom is 0.345 e. The highest BCUT2D eigenvalue weighted by Gasteiger charge is 2.29. The number of amides is 1. The number of piperidine rings is 1. The second-order valence-electron chi connectivity index (χ2n) is 5.98. The lowest BCUT2D eigenvalue weighted by molar-refractivity contribution is -0.385. The Morgan fingerprint density at radius 1 is 1.27 bits per heavy atom. The third-order valence-corrected chi connectivity index (χ3v) is 4.36. The van der Waals surface area contributed by atoms with Crippen LogP contribution in [0.3, 0.4) is 0 Å². The Balaban J connectivity index is 1.94. The number of rotatable bonds is 5. The van der Waals surface area contributed by atoms with E-state index < -0.39 is 23.4 Å². The first-order valence-corrected chi connectivity index (χ1v) is 8.12. The predicted molar refractivity (Wildman–Crippen MR) is 89.4 cm³/mol. The number of methoxy groups -OCH3 is 1. The fourth-order valence-corrected chi connectivity index (χ4v) is 2.89. The van der Waals surface area contributed by atoms with Gasteiger partial charge in [-0.1, -0.05) is 12.1 Å². The zero-order valence-corrected chi connectivity index (χ0v) is 14.6. The summed E-state index contributed by atoms with van der Waals surface area (Å²) in [7, 11) is 1.32. The van der Waals surface area contributed by atoms with Gasteiger partial charge in [0.25, 0.3) is 11.6 Å². The second kappa shape index (κ2) is 8.41. The molecule has 0 radical (unpaired) electrons. The van der Waals surface area contributed by atoms with Crippen LogP contribution < -0.4 is 0 Å². The summed E-state index contributed by atoms with van der Waals surface area (Å²) in [4.78, 5) is 47.8. The Labute approximate surface area is 150 Å². The van der Waals surface area contributed by atoms with Gasteiger partial charge in [0.15, 0.2) is 6.61 Å².